The Morgan fingerprint density at radius 2 is 1.82 bits per heavy atom. The van der Waals surface area contributed by atoms with Crippen molar-refractivity contribution in [3.05, 3.63) is 71.3 Å². The summed E-state index contributed by atoms with van der Waals surface area (Å²) in [5.41, 5.74) is 2.40. The topological polar surface area (TPSA) is 139 Å². The Bertz CT molecular complexity index is 1270. The molecule has 0 saturated heterocycles. The molecule has 176 valence electrons. The van der Waals surface area contributed by atoms with Gasteiger partial charge in [-0.1, -0.05) is 48.5 Å². The number of aromatic nitrogens is 6. The molecular formula is C24H26N6O4. The smallest absolute Gasteiger partial charge is 0.356 e. The molecule has 0 unspecified atom stereocenters. The third-order valence-corrected chi connectivity index (χ3v) is 5.40. The average Bonchev–Trinajstić information content (AvgIpc) is 3.47. The summed E-state index contributed by atoms with van der Waals surface area (Å²) in [6.45, 7) is 5.89. The standard InChI is InChI=1S/C24H26N6O4/c1-4-34-14-19-25-20(23(31)32)21(24(2,3)33)30(19)13-15-9-11-16(12-10-15)17-7-5-6-8-18(17)22-26-28-29-27-22/h5-12,33H,4,13-14H2,1-3H3,(H,31,32)(H,26,27,28,29). The number of benzene rings is 2. The number of nitrogens with zero attached hydrogens (tertiary/aromatic N) is 5. The molecule has 0 radical (unpaired) electrons. The van der Waals surface area contributed by atoms with Crippen LogP contribution in [-0.4, -0.2) is 53.0 Å². The zero-order valence-electron chi connectivity index (χ0n) is 19.2. The summed E-state index contributed by atoms with van der Waals surface area (Å²) in [6, 6.07) is 15.7. The number of tetrazole rings is 1. The van der Waals surface area contributed by atoms with Crippen LogP contribution in [0.3, 0.4) is 0 Å². The van der Waals surface area contributed by atoms with E-state index < -0.39 is 11.6 Å². The van der Waals surface area contributed by atoms with Crippen molar-refractivity contribution in [3.8, 4) is 22.5 Å². The number of hydrogen-bond acceptors (Lipinski definition) is 7. The highest BCUT2D eigenvalue weighted by Gasteiger charge is 2.32. The molecule has 2 heterocycles. The van der Waals surface area contributed by atoms with E-state index in [1.807, 2.05) is 55.5 Å². The Labute approximate surface area is 196 Å². The van der Waals surface area contributed by atoms with Gasteiger partial charge in [-0.3, -0.25) is 0 Å². The number of ether oxygens (including phenoxy) is 1. The molecule has 0 bridgehead atoms. The highest BCUT2D eigenvalue weighted by Crippen LogP contribution is 2.31. The summed E-state index contributed by atoms with van der Waals surface area (Å²) in [4.78, 5) is 16.1. The Balaban J connectivity index is 1.70. The monoisotopic (exact) mass is 462 g/mol. The zero-order chi connectivity index (χ0) is 24.3. The quantitative estimate of drug-likeness (QED) is 0.344. The molecule has 10 nitrogen and oxygen atoms in total. The number of aromatic amines is 1. The highest BCUT2D eigenvalue weighted by molar-refractivity contribution is 5.87. The minimum absolute atomic E-state index is 0.142. The van der Waals surface area contributed by atoms with Crippen molar-refractivity contribution in [2.24, 2.45) is 0 Å². The predicted molar refractivity (Wildman–Crippen MR) is 124 cm³/mol. The second-order valence-electron chi connectivity index (χ2n) is 8.31. The number of carbonyl (C=O) groups is 1. The first-order valence-electron chi connectivity index (χ1n) is 10.8. The van der Waals surface area contributed by atoms with Crippen LogP contribution in [0.4, 0.5) is 0 Å². The lowest BCUT2D eigenvalue weighted by Gasteiger charge is -2.22. The Kier molecular flexibility index (Phi) is 6.53. The summed E-state index contributed by atoms with van der Waals surface area (Å²) in [5.74, 6) is -0.166. The number of aliphatic hydroxyl groups is 1. The summed E-state index contributed by atoms with van der Waals surface area (Å²) >= 11 is 0. The van der Waals surface area contributed by atoms with E-state index in [1.165, 1.54) is 0 Å². The van der Waals surface area contributed by atoms with Gasteiger partial charge in [0.05, 0.1) is 5.69 Å². The molecule has 4 rings (SSSR count). The molecule has 4 aromatic rings. The number of hydrogen-bond donors (Lipinski definition) is 3. The maximum atomic E-state index is 11.8. The maximum Gasteiger partial charge on any atom is 0.356 e. The molecular weight excluding hydrogens is 436 g/mol. The van der Waals surface area contributed by atoms with Gasteiger partial charge in [-0.25, -0.2) is 14.9 Å². The van der Waals surface area contributed by atoms with Crippen molar-refractivity contribution in [3.63, 3.8) is 0 Å². The van der Waals surface area contributed by atoms with E-state index >= 15 is 0 Å². The van der Waals surface area contributed by atoms with Crippen LogP contribution < -0.4 is 0 Å². The number of aromatic carboxylic acids is 1. The Morgan fingerprint density at radius 1 is 1.12 bits per heavy atom. The van der Waals surface area contributed by atoms with Gasteiger partial charge in [0, 0.05) is 18.7 Å². The van der Waals surface area contributed by atoms with Gasteiger partial charge in [0.1, 0.15) is 18.0 Å². The van der Waals surface area contributed by atoms with Gasteiger partial charge in [-0.05, 0) is 47.9 Å². The fourth-order valence-corrected chi connectivity index (χ4v) is 3.93. The molecule has 2 aromatic heterocycles. The predicted octanol–water partition coefficient (Wildman–Crippen LogP) is 3.24. The first kappa shape index (κ1) is 23.3. The molecule has 0 aliphatic rings. The van der Waals surface area contributed by atoms with Gasteiger partial charge < -0.3 is 19.5 Å². The van der Waals surface area contributed by atoms with Crippen molar-refractivity contribution in [1.82, 2.24) is 30.2 Å². The van der Waals surface area contributed by atoms with Gasteiger partial charge >= 0.3 is 5.97 Å². The molecule has 2 aromatic carbocycles. The lowest BCUT2D eigenvalue weighted by atomic mass is 9.98. The van der Waals surface area contributed by atoms with Crippen molar-refractivity contribution >= 4 is 5.97 Å². The second kappa shape index (κ2) is 9.54. The number of carboxylic acid groups (broad SMARTS) is 1. The molecule has 0 atom stereocenters. The van der Waals surface area contributed by atoms with Crippen LogP contribution in [0.5, 0.6) is 0 Å². The van der Waals surface area contributed by atoms with Crippen LogP contribution >= 0.6 is 0 Å². The summed E-state index contributed by atoms with van der Waals surface area (Å²) in [7, 11) is 0. The highest BCUT2D eigenvalue weighted by atomic mass is 16.5. The molecule has 0 aliphatic heterocycles. The minimum Gasteiger partial charge on any atom is -0.476 e. The van der Waals surface area contributed by atoms with Crippen molar-refractivity contribution < 1.29 is 19.7 Å². The van der Waals surface area contributed by atoms with E-state index in [0.29, 0.717) is 24.8 Å². The lowest BCUT2D eigenvalue weighted by molar-refractivity contribution is 0.0584. The van der Waals surface area contributed by atoms with E-state index in [9.17, 15) is 15.0 Å². The number of H-pyrrole nitrogens is 1. The zero-order valence-corrected chi connectivity index (χ0v) is 19.2. The van der Waals surface area contributed by atoms with Gasteiger partial charge in [-0.2, -0.15) is 0 Å². The number of nitrogens with one attached hydrogen (secondary N) is 1. The summed E-state index contributed by atoms with van der Waals surface area (Å²) in [5, 5.41) is 34.6. The summed E-state index contributed by atoms with van der Waals surface area (Å²) in [6.07, 6.45) is 0. The second-order valence-corrected chi connectivity index (χ2v) is 8.31. The van der Waals surface area contributed by atoms with Crippen molar-refractivity contribution in [1.29, 1.82) is 0 Å². The van der Waals surface area contributed by atoms with Gasteiger partial charge in [0.2, 0.25) is 0 Å². The van der Waals surface area contributed by atoms with E-state index in [4.69, 9.17) is 4.74 Å². The van der Waals surface area contributed by atoms with Crippen molar-refractivity contribution in [2.75, 3.05) is 6.61 Å². The van der Waals surface area contributed by atoms with Crippen molar-refractivity contribution in [2.45, 2.75) is 39.5 Å². The van der Waals surface area contributed by atoms with E-state index in [1.54, 1.807) is 18.4 Å². The number of imidazole rings is 1. The first-order valence-corrected chi connectivity index (χ1v) is 10.8. The lowest BCUT2D eigenvalue weighted by Crippen LogP contribution is -2.25. The van der Waals surface area contributed by atoms with Crippen LogP contribution in [0.1, 0.15) is 48.3 Å². The normalized spacial score (nSPS) is 11.6. The minimum atomic E-state index is -1.41. The average molecular weight is 463 g/mol. The molecule has 0 amide bonds. The Hall–Kier alpha value is -3.89. The molecule has 3 N–H and O–H groups in total. The number of carboxylic acids is 1. The van der Waals surface area contributed by atoms with Crippen LogP contribution in [0.2, 0.25) is 0 Å². The third kappa shape index (κ3) is 4.73. The van der Waals surface area contributed by atoms with Crippen LogP contribution in [0.25, 0.3) is 22.5 Å². The third-order valence-electron chi connectivity index (χ3n) is 5.40. The van der Waals surface area contributed by atoms with Gasteiger partial charge in [-0.15, -0.1) is 5.10 Å². The Morgan fingerprint density at radius 3 is 2.41 bits per heavy atom. The van der Waals surface area contributed by atoms with Gasteiger partial charge in [0.25, 0.3) is 0 Å². The van der Waals surface area contributed by atoms with E-state index in [0.717, 1.165) is 22.3 Å². The molecule has 34 heavy (non-hydrogen) atoms. The van der Waals surface area contributed by atoms with Crippen LogP contribution in [0.15, 0.2) is 48.5 Å². The maximum absolute atomic E-state index is 11.8. The van der Waals surface area contributed by atoms with Gasteiger partial charge in [0.15, 0.2) is 11.5 Å². The first-order chi connectivity index (χ1) is 16.3. The largest absolute Gasteiger partial charge is 0.476 e. The van der Waals surface area contributed by atoms with E-state index in [2.05, 4.69) is 25.6 Å². The van der Waals surface area contributed by atoms with E-state index in [-0.39, 0.29) is 18.0 Å². The molecule has 10 heteroatoms. The fourth-order valence-electron chi connectivity index (χ4n) is 3.93. The molecule has 0 spiro atoms. The molecule has 0 fully saturated rings. The summed E-state index contributed by atoms with van der Waals surface area (Å²) < 4.78 is 7.23. The van der Waals surface area contributed by atoms with Crippen LogP contribution in [-0.2, 0) is 23.5 Å². The molecule has 0 aliphatic carbocycles. The SMILES string of the molecule is CCOCc1nc(C(=O)O)c(C(C)(C)O)n1Cc1ccc(-c2ccccc2-c2nnn[nH]2)cc1. The van der Waals surface area contributed by atoms with Crippen LogP contribution in [0, 0.1) is 0 Å². The molecule has 0 saturated carbocycles. The fraction of sp³-hybridized carbons (Fsp3) is 0.292. The number of rotatable bonds is 9.